The number of nitrogens with two attached hydrogens (primary N) is 1. The summed E-state index contributed by atoms with van der Waals surface area (Å²) in [5.74, 6) is 1.17. The zero-order valence-electron chi connectivity index (χ0n) is 14.2. The van der Waals surface area contributed by atoms with Gasteiger partial charge in [0.1, 0.15) is 0 Å². The number of aromatic nitrogens is 2. The summed E-state index contributed by atoms with van der Waals surface area (Å²) in [5, 5.41) is 4.17. The Labute approximate surface area is 147 Å². The summed E-state index contributed by atoms with van der Waals surface area (Å²) >= 11 is 0. The molecule has 0 radical (unpaired) electrons. The van der Waals surface area contributed by atoms with Gasteiger partial charge in [-0.15, -0.1) is 0 Å². The molecule has 1 aromatic heterocycles. The molecule has 3 aromatic rings. The van der Waals surface area contributed by atoms with Crippen LogP contribution in [0.1, 0.15) is 24.8 Å². The van der Waals surface area contributed by atoms with Crippen LogP contribution in [0.2, 0.25) is 0 Å². The lowest BCUT2D eigenvalue weighted by atomic mass is 10.1. The van der Waals surface area contributed by atoms with Crippen molar-refractivity contribution in [2.45, 2.75) is 25.8 Å². The van der Waals surface area contributed by atoms with Crippen LogP contribution in [0.15, 0.2) is 53.1 Å². The number of nitrogens with zero attached hydrogens (tertiary/aromatic N) is 3. The second kappa shape index (κ2) is 7.07. The van der Waals surface area contributed by atoms with E-state index in [4.69, 9.17) is 10.3 Å². The quantitative estimate of drug-likeness (QED) is 0.785. The molecular formula is C20H22N4O. The molecule has 25 heavy (non-hydrogen) atoms. The van der Waals surface area contributed by atoms with Crippen LogP contribution in [0, 0.1) is 0 Å². The Morgan fingerprint density at radius 3 is 2.48 bits per heavy atom. The highest BCUT2D eigenvalue weighted by Crippen LogP contribution is 2.32. The average Bonchev–Trinajstić information content (AvgIpc) is 3.19. The minimum Gasteiger partial charge on any atom is -0.371 e. The van der Waals surface area contributed by atoms with Crippen molar-refractivity contribution in [3.05, 3.63) is 54.1 Å². The second-order valence-corrected chi connectivity index (χ2v) is 6.39. The molecule has 0 spiro atoms. The molecule has 4 rings (SSSR count). The first-order valence-electron chi connectivity index (χ1n) is 8.82. The topological polar surface area (TPSA) is 68.2 Å². The van der Waals surface area contributed by atoms with Crippen molar-refractivity contribution < 1.29 is 4.52 Å². The van der Waals surface area contributed by atoms with Crippen molar-refractivity contribution in [2.75, 3.05) is 18.0 Å². The summed E-state index contributed by atoms with van der Waals surface area (Å²) in [5.41, 5.74) is 9.85. The van der Waals surface area contributed by atoms with Crippen molar-refractivity contribution in [1.29, 1.82) is 0 Å². The molecule has 0 amide bonds. The molecule has 0 aliphatic carbocycles. The molecule has 1 aliphatic rings. The lowest BCUT2D eigenvalue weighted by Gasteiger charge is -2.29. The maximum atomic E-state index is 5.65. The largest absolute Gasteiger partial charge is 0.371 e. The minimum atomic E-state index is 0.529. The van der Waals surface area contributed by atoms with Crippen LogP contribution in [0.3, 0.4) is 0 Å². The van der Waals surface area contributed by atoms with E-state index < -0.39 is 0 Å². The van der Waals surface area contributed by atoms with E-state index in [0.717, 1.165) is 29.8 Å². The molecular weight excluding hydrogens is 312 g/mol. The van der Waals surface area contributed by atoms with Gasteiger partial charge in [0.15, 0.2) is 0 Å². The molecule has 0 saturated carbocycles. The molecule has 2 aromatic carbocycles. The van der Waals surface area contributed by atoms with E-state index >= 15 is 0 Å². The molecule has 128 valence electrons. The summed E-state index contributed by atoms with van der Waals surface area (Å²) in [6.07, 6.45) is 3.77. The lowest BCUT2D eigenvalue weighted by Crippen LogP contribution is -2.29. The minimum absolute atomic E-state index is 0.529. The first-order valence-corrected chi connectivity index (χ1v) is 8.82. The van der Waals surface area contributed by atoms with Gasteiger partial charge in [-0.2, -0.15) is 4.98 Å². The van der Waals surface area contributed by atoms with Crippen LogP contribution in [-0.2, 0) is 6.54 Å². The first kappa shape index (κ1) is 15.8. The predicted molar refractivity (Wildman–Crippen MR) is 99.1 cm³/mol. The van der Waals surface area contributed by atoms with Gasteiger partial charge in [0.25, 0.3) is 5.89 Å². The summed E-state index contributed by atoms with van der Waals surface area (Å²) < 4.78 is 5.58. The number of para-hydroxylation sites is 1. The van der Waals surface area contributed by atoms with Crippen LogP contribution in [-0.4, -0.2) is 23.2 Å². The zero-order chi connectivity index (χ0) is 17.1. The highest BCUT2D eigenvalue weighted by Gasteiger charge is 2.19. The van der Waals surface area contributed by atoms with E-state index in [1.165, 1.54) is 24.9 Å². The average molecular weight is 334 g/mol. The summed E-state index contributed by atoms with van der Waals surface area (Å²) in [6.45, 7) is 2.69. The van der Waals surface area contributed by atoms with Gasteiger partial charge >= 0.3 is 0 Å². The number of rotatable bonds is 4. The Morgan fingerprint density at radius 2 is 1.72 bits per heavy atom. The van der Waals surface area contributed by atoms with Crippen molar-refractivity contribution in [1.82, 2.24) is 10.1 Å². The first-order chi connectivity index (χ1) is 12.3. The van der Waals surface area contributed by atoms with Crippen LogP contribution in [0.4, 0.5) is 5.69 Å². The van der Waals surface area contributed by atoms with Gasteiger partial charge < -0.3 is 15.2 Å². The third kappa shape index (κ3) is 3.28. The van der Waals surface area contributed by atoms with E-state index in [1.807, 2.05) is 30.3 Å². The number of piperidine rings is 1. The Balaban J connectivity index is 1.65. The van der Waals surface area contributed by atoms with Crippen molar-refractivity contribution in [3.8, 4) is 22.8 Å². The lowest BCUT2D eigenvalue weighted by molar-refractivity contribution is 0.432. The number of hydrogen-bond donors (Lipinski definition) is 1. The summed E-state index contributed by atoms with van der Waals surface area (Å²) in [6, 6.07) is 16.2. The summed E-state index contributed by atoms with van der Waals surface area (Å²) in [4.78, 5) is 7.04. The van der Waals surface area contributed by atoms with Gasteiger partial charge in [0, 0.05) is 30.9 Å². The van der Waals surface area contributed by atoms with E-state index in [9.17, 15) is 0 Å². The SMILES string of the molecule is NCc1ccc(-c2noc(-c3ccccc3N3CCCCC3)n2)cc1. The molecule has 2 heterocycles. The highest BCUT2D eigenvalue weighted by molar-refractivity contribution is 5.74. The molecule has 5 nitrogen and oxygen atoms in total. The van der Waals surface area contributed by atoms with Gasteiger partial charge in [0.2, 0.25) is 5.82 Å². The van der Waals surface area contributed by atoms with Crippen LogP contribution in [0.25, 0.3) is 22.8 Å². The fourth-order valence-corrected chi connectivity index (χ4v) is 3.31. The van der Waals surface area contributed by atoms with Crippen molar-refractivity contribution >= 4 is 5.69 Å². The molecule has 1 aliphatic heterocycles. The van der Waals surface area contributed by atoms with E-state index in [2.05, 4.69) is 33.2 Å². The van der Waals surface area contributed by atoms with E-state index in [-0.39, 0.29) is 0 Å². The van der Waals surface area contributed by atoms with Gasteiger partial charge in [-0.1, -0.05) is 41.6 Å². The second-order valence-electron chi connectivity index (χ2n) is 6.39. The van der Waals surface area contributed by atoms with E-state index in [0.29, 0.717) is 18.3 Å². The third-order valence-electron chi connectivity index (χ3n) is 4.71. The Bertz CT molecular complexity index is 835. The number of anilines is 1. The van der Waals surface area contributed by atoms with Crippen molar-refractivity contribution in [2.24, 2.45) is 5.73 Å². The third-order valence-corrected chi connectivity index (χ3v) is 4.71. The molecule has 2 N–H and O–H groups in total. The van der Waals surface area contributed by atoms with Gasteiger partial charge in [-0.3, -0.25) is 0 Å². The maximum absolute atomic E-state index is 5.65. The molecule has 0 atom stereocenters. The van der Waals surface area contributed by atoms with Crippen LogP contribution >= 0.6 is 0 Å². The predicted octanol–water partition coefficient (Wildman–Crippen LogP) is 3.85. The smallest absolute Gasteiger partial charge is 0.260 e. The van der Waals surface area contributed by atoms with Gasteiger partial charge in [0.05, 0.1) is 5.56 Å². The fraction of sp³-hybridized carbons (Fsp3) is 0.300. The van der Waals surface area contributed by atoms with Crippen molar-refractivity contribution in [3.63, 3.8) is 0 Å². The molecule has 1 saturated heterocycles. The summed E-state index contributed by atoms with van der Waals surface area (Å²) in [7, 11) is 0. The molecule has 1 fully saturated rings. The Hall–Kier alpha value is -2.66. The number of benzene rings is 2. The maximum Gasteiger partial charge on any atom is 0.260 e. The Morgan fingerprint density at radius 1 is 0.960 bits per heavy atom. The monoisotopic (exact) mass is 334 g/mol. The Kier molecular flexibility index (Phi) is 4.48. The van der Waals surface area contributed by atoms with Gasteiger partial charge in [-0.25, -0.2) is 0 Å². The van der Waals surface area contributed by atoms with Gasteiger partial charge in [-0.05, 0) is 37.0 Å². The standard InChI is InChI=1S/C20H22N4O/c21-14-15-8-10-16(11-9-15)19-22-20(25-23-19)17-6-2-3-7-18(17)24-12-4-1-5-13-24/h2-3,6-11H,1,4-5,12-14,21H2. The normalized spacial score (nSPS) is 14.7. The highest BCUT2D eigenvalue weighted by atomic mass is 16.5. The van der Waals surface area contributed by atoms with E-state index in [1.54, 1.807) is 0 Å². The molecule has 0 bridgehead atoms. The zero-order valence-corrected chi connectivity index (χ0v) is 14.2. The molecule has 0 unspecified atom stereocenters. The fourth-order valence-electron chi connectivity index (χ4n) is 3.31. The van der Waals surface area contributed by atoms with Crippen LogP contribution < -0.4 is 10.6 Å². The number of hydrogen-bond acceptors (Lipinski definition) is 5. The molecule has 5 heteroatoms. The van der Waals surface area contributed by atoms with Crippen LogP contribution in [0.5, 0.6) is 0 Å².